The Bertz CT molecular complexity index is 513. The van der Waals surface area contributed by atoms with Crippen LogP contribution in [-0.4, -0.2) is 27.9 Å². The lowest BCUT2D eigenvalue weighted by Crippen LogP contribution is -2.05. The summed E-state index contributed by atoms with van der Waals surface area (Å²) in [5.74, 6) is -1.37. The molecule has 1 rings (SSSR count). The third-order valence-electron chi connectivity index (χ3n) is 3.57. The number of carbonyl (C=O) groups is 1. The van der Waals surface area contributed by atoms with Crippen LogP contribution in [0.25, 0.3) is 0 Å². The molecule has 0 spiro atoms. The number of unbranched alkanes of at least 4 members (excludes halogenated alkanes) is 5. The minimum Gasteiger partial charge on any atom is -0.504 e. The van der Waals surface area contributed by atoms with Gasteiger partial charge in [-0.15, -0.1) is 0 Å². The monoisotopic (exact) mass is 322 g/mol. The molecule has 0 heterocycles. The van der Waals surface area contributed by atoms with Gasteiger partial charge in [0.2, 0.25) is 0 Å². The predicted octanol–water partition coefficient (Wildman–Crippen LogP) is 3.81. The molecule has 0 amide bonds. The van der Waals surface area contributed by atoms with Crippen molar-refractivity contribution in [1.82, 2.24) is 0 Å². The smallest absolute Gasteiger partial charge is 0.333 e. The van der Waals surface area contributed by atoms with Crippen molar-refractivity contribution >= 4 is 5.97 Å². The van der Waals surface area contributed by atoms with Gasteiger partial charge >= 0.3 is 5.97 Å². The van der Waals surface area contributed by atoms with Crippen molar-refractivity contribution < 1.29 is 24.9 Å². The molecule has 0 unspecified atom stereocenters. The molecular weight excluding hydrogens is 296 g/mol. The SMILES string of the molecule is C=C(C)C(=O)OCCCCCCCCc1cc(O)c(O)c(O)c1. The van der Waals surface area contributed by atoms with Crippen LogP contribution in [0.5, 0.6) is 17.2 Å². The van der Waals surface area contributed by atoms with Crippen LogP contribution in [0.3, 0.4) is 0 Å². The van der Waals surface area contributed by atoms with Crippen LogP contribution in [0.1, 0.15) is 51.0 Å². The van der Waals surface area contributed by atoms with E-state index >= 15 is 0 Å². The predicted molar refractivity (Wildman–Crippen MR) is 88.6 cm³/mol. The summed E-state index contributed by atoms with van der Waals surface area (Å²) in [6, 6.07) is 2.95. The van der Waals surface area contributed by atoms with Gasteiger partial charge in [-0.2, -0.15) is 0 Å². The lowest BCUT2D eigenvalue weighted by atomic mass is 10.0. The maximum absolute atomic E-state index is 11.1. The van der Waals surface area contributed by atoms with Crippen molar-refractivity contribution in [3.63, 3.8) is 0 Å². The molecule has 0 saturated heterocycles. The minimum atomic E-state index is -0.471. The fourth-order valence-corrected chi connectivity index (χ4v) is 2.23. The molecule has 3 N–H and O–H groups in total. The second-order valence-electron chi connectivity index (χ2n) is 5.77. The van der Waals surface area contributed by atoms with Gasteiger partial charge in [-0.25, -0.2) is 4.79 Å². The molecule has 0 aromatic heterocycles. The van der Waals surface area contributed by atoms with E-state index in [1.54, 1.807) is 6.92 Å². The fraction of sp³-hybridized carbons (Fsp3) is 0.500. The Hall–Kier alpha value is -2.17. The van der Waals surface area contributed by atoms with Crippen molar-refractivity contribution in [2.24, 2.45) is 0 Å². The van der Waals surface area contributed by atoms with Gasteiger partial charge in [0.05, 0.1) is 6.61 Å². The number of benzene rings is 1. The van der Waals surface area contributed by atoms with Crippen LogP contribution in [0.2, 0.25) is 0 Å². The summed E-state index contributed by atoms with van der Waals surface area (Å²) in [5, 5.41) is 28.1. The molecule has 1 aromatic carbocycles. The van der Waals surface area contributed by atoms with E-state index in [1.807, 2.05) is 0 Å². The molecule has 5 heteroatoms. The Morgan fingerprint density at radius 3 is 2.09 bits per heavy atom. The first kappa shape index (κ1) is 18.9. The lowest BCUT2D eigenvalue weighted by Gasteiger charge is -2.06. The summed E-state index contributed by atoms with van der Waals surface area (Å²) >= 11 is 0. The van der Waals surface area contributed by atoms with Crippen LogP contribution >= 0.6 is 0 Å². The zero-order valence-electron chi connectivity index (χ0n) is 13.7. The second kappa shape index (κ2) is 9.77. The number of phenols is 3. The Morgan fingerprint density at radius 1 is 1.00 bits per heavy atom. The largest absolute Gasteiger partial charge is 0.504 e. The Kier molecular flexibility index (Phi) is 8.02. The quantitative estimate of drug-likeness (QED) is 0.264. The van der Waals surface area contributed by atoms with Crippen LogP contribution in [0.4, 0.5) is 0 Å². The zero-order valence-corrected chi connectivity index (χ0v) is 13.7. The number of aromatic hydroxyl groups is 3. The number of hydrogen-bond acceptors (Lipinski definition) is 5. The van der Waals surface area contributed by atoms with Gasteiger partial charge in [-0.1, -0.05) is 32.3 Å². The van der Waals surface area contributed by atoms with Crippen molar-refractivity contribution in [1.29, 1.82) is 0 Å². The van der Waals surface area contributed by atoms with E-state index in [-0.39, 0.29) is 17.5 Å². The molecule has 1 aromatic rings. The van der Waals surface area contributed by atoms with Crippen LogP contribution < -0.4 is 0 Å². The van der Waals surface area contributed by atoms with Crippen LogP contribution in [0, 0.1) is 0 Å². The van der Waals surface area contributed by atoms with E-state index in [2.05, 4.69) is 6.58 Å². The molecule has 0 aliphatic carbocycles. The van der Waals surface area contributed by atoms with Crippen molar-refractivity contribution in [3.8, 4) is 17.2 Å². The summed E-state index contributed by atoms with van der Waals surface area (Å²) in [6.45, 7) is 5.60. The molecule has 0 aliphatic heterocycles. The first-order valence-electron chi connectivity index (χ1n) is 7.98. The molecule has 23 heavy (non-hydrogen) atoms. The topological polar surface area (TPSA) is 87.0 Å². The average Bonchev–Trinajstić information content (AvgIpc) is 2.50. The number of esters is 1. The number of aryl methyl sites for hydroxylation is 1. The lowest BCUT2D eigenvalue weighted by molar-refractivity contribution is -0.139. The number of ether oxygens (including phenoxy) is 1. The molecule has 0 radical (unpaired) electrons. The molecule has 5 nitrogen and oxygen atoms in total. The summed E-state index contributed by atoms with van der Waals surface area (Å²) in [6.07, 6.45) is 6.80. The summed E-state index contributed by atoms with van der Waals surface area (Å²) < 4.78 is 5.01. The van der Waals surface area contributed by atoms with E-state index in [0.717, 1.165) is 50.5 Å². The highest BCUT2D eigenvalue weighted by atomic mass is 16.5. The van der Waals surface area contributed by atoms with Gasteiger partial charge < -0.3 is 20.1 Å². The Balaban J connectivity index is 2.06. The zero-order chi connectivity index (χ0) is 17.2. The van der Waals surface area contributed by atoms with E-state index in [1.165, 1.54) is 12.1 Å². The molecule has 128 valence electrons. The number of carbonyl (C=O) groups excluding carboxylic acids is 1. The highest BCUT2D eigenvalue weighted by Gasteiger charge is 2.07. The Morgan fingerprint density at radius 2 is 1.52 bits per heavy atom. The molecule has 0 fully saturated rings. The average molecular weight is 322 g/mol. The van der Waals surface area contributed by atoms with Crippen molar-refractivity contribution in [2.75, 3.05) is 6.61 Å². The summed E-state index contributed by atoms with van der Waals surface area (Å²) in [5.41, 5.74) is 1.24. The maximum atomic E-state index is 11.1. The maximum Gasteiger partial charge on any atom is 0.333 e. The normalized spacial score (nSPS) is 10.5. The van der Waals surface area contributed by atoms with Crippen LogP contribution in [-0.2, 0) is 16.0 Å². The fourth-order valence-electron chi connectivity index (χ4n) is 2.23. The van der Waals surface area contributed by atoms with Crippen LogP contribution in [0.15, 0.2) is 24.3 Å². The third-order valence-corrected chi connectivity index (χ3v) is 3.57. The molecular formula is C18H26O5. The molecule has 0 aliphatic rings. The summed E-state index contributed by atoms with van der Waals surface area (Å²) in [7, 11) is 0. The first-order chi connectivity index (χ1) is 10.9. The van der Waals surface area contributed by atoms with E-state index in [9.17, 15) is 20.1 Å². The van der Waals surface area contributed by atoms with Gasteiger partial charge in [-0.3, -0.25) is 0 Å². The first-order valence-corrected chi connectivity index (χ1v) is 7.98. The molecule has 0 bridgehead atoms. The van der Waals surface area contributed by atoms with E-state index in [0.29, 0.717) is 12.2 Å². The standard InChI is InChI=1S/C18H26O5/c1-13(2)18(22)23-10-8-6-4-3-5-7-9-14-11-15(19)17(21)16(20)12-14/h11-12,19-21H,1,3-10H2,2H3. The van der Waals surface area contributed by atoms with Crippen molar-refractivity contribution in [3.05, 3.63) is 29.8 Å². The third kappa shape index (κ3) is 7.08. The number of phenolic OH excluding ortho intramolecular Hbond substituents is 3. The van der Waals surface area contributed by atoms with Gasteiger partial charge in [-0.05, 0) is 43.9 Å². The highest BCUT2D eigenvalue weighted by molar-refractivity contribution is 5.86. The van der Waals surface area contributed by atoms with Gasteiger partial charge in [0.1, 0.15) is 0 Å². The minimum absolute atomic E-state index is 0.288. The number of hydrogen-bond donors (Lipinski definition) is 3. The molecule has 0 saturated carbocycles. The molecule has 0 atom stereocenters. The van der Waals surface area contributed by atoms with E-state index in [4.69, 9.17) is 4.74 Å². The van der Waals surface area contributed by atoms with Gasteiger partial charge in [0.25, 0.3) is 0 Å². The van der Waals surface area contributed by atoms with Crippen molar-refractivity contribution in [2.45, 2.75) is 51.9 Å². The summed E-state index contributed by atoms with van der Waals surface area (Å²) in [4.78, 5) is 11.1. The van der Waals surface area contributed by atoms with E-state index < -0.39 is 5.75 Å². The second-order valence-corrected chi connectivity index (χ2v) is 5.77. The Labute approximate surface area is 137 Å². The van der Waals surface area contributed by atoms with Gasteiger partial charge in [0.15, 0.2) is 17.2 Å². The van der Waals surface area contributed by atoms with Gasteiger partial charge in [0, 0.05) is 5.57 Å². The number of rotatable bonds is 10. The highest BCUT2D eigenvalue weighted by Crippen LogP contribution is 2.35.